The summed E-state index contributed by atoms with van der Waals surface area (Å²) in [6.45, 7) is 0. The number of hydrogen-bond donors (Lipinski definition) is 3. The summed E-state index contributed by atoms with van der Waals surface area (Å²) in [7, 11) is 0. The van der Waals surface area contributed by atoms with Gasteiger partial charge >= 0.3 is 0 Å². The van der Waals surface area contributed by atoms with Gasteiger partial charge in [-0.2, -0.15) is 4.98 Å². The molecule has 1 aromatic carbocycles. The lowest BCUT2D eigenvalue weighted by Crippen LogP contribution is -2.29. The number of nitrogens with one attached hydrogen (secondary N) is 2. The molecule has 2 aliphatic rings. The third-order valence-electron chi connectivity index (χ3n) is 6.58. The molecule has 33 heavy (non-hydrogen) atoms. The van der Waals surface area contributed by atoms with Gasteiger partial charge in [-0.15, -0.1) is 0 Å². The Kier molecular flexibility index (Phi) is 5.55. The predicted molar refractivity (Wildman–Crippen MR) is 116 cm³/mol. The number of imidazole rings is 1. The second-order valence-corrected chi connectivity index (χ2v) is 8.76. The summed E-state index contributed by atoms with van der Waals surface area (Å²) in [5.41, 5.74) is 5.94. The fourth-order valence-electron chi connectivity index (χ4n) is 4.52. The maximum Gasteiger partial charge on any atom is 0.224 e. The summed E-state index contributed by atoms with van der Waals surface area (Å²) in [4.78, 5) is 25.1. The molecule has 174 valence electrons. The maximum atomic E-state index is 14.4. The van der Waals surface area contributed by atoms with E-state index in [4.69, 9.17) is 5.73 Å². The highest BCUT2D eigenvalue weighted by molar-refractivity contribution is 5.78. The lowest BCUT2D eigenvalue weighted by molar-refractivity contribution is -0.122. The first kappa shape index (κ1) is 21.5. The van der Waals surface area contributed by atoms with E-state index in [1.54, 1.807) is 10.8 Å². The van der Waals surface area contributed by atoms with Crippen LogP contribution in [-0.2, 0) is 4.79 Å². The van der Waals surface area contributed by atoms with E-state index >= 15 is 0 Å². The van der Waals surface area contributed by atoms with Gasteiger partial charge in [-0.25, -0.2) is 23.1 Å². The maximum absolute atomic E-state index is 14.4. The van der Waals surface area contributed by atoms with Crippen LogP contribution in [0.5, 0.6) is 0 Å². The first-order valence-corrected chi connectivity index (χ1v) is 11.1. The van der Waals surface area contributed by atoms with Crippen LogP contribution in [0, 0.1) is 23.4 Å². The largest absolute Gasteiger partial charge is 0.369 e. The Bertz CT molecular complexity index is 1180. The van der Waals surface area contributed by atoms with Crippen LogP contribution in [0.25, 0.3) is 11.2 Å². The van der Waals surface area contributed by atoms with E-state index in [9.17, 15) is 18.0 Å². The first-order chi connectivity index (χ1) is 15.9. The van der Waals surface area contributed by atoms with Crippen LogP contribution >= 0.6 is 0 Å². The van der Waals surface area contributed by atoms with Crippen molar-refractivity contribution in [2.24, 2.45) is 11.7 Å². The molecule has 5 rings (SSSR count). The number of nitrogens with two attached hydrogens (primary N) is 1. The smallest absolute Gasteiger partial charge is 0.224 e. The molecule has 2 fully saturated rings. The standard InChI is InChI=1S/C22H24F3N7O/c23-12-8-15(24)18(16(25)9-12)30-22-29-17-10-27-21(28-13-2-1-3-13)31-20(17)32(22)14-6-4-11(5-7-14)19(26)33/h8-11,13-14H,1-7H2,(H2,26,33)(H,29,30)(H,27,28,31). The molecular weight excluding hydrogens is 435 g/mol. The Morgan fingerprint density at radius 3 is 2.33 bits per heavy atom. The zero-order chi connectivity index (χ0) is 23.1. The van der Waals surface area contributed by atoms with Crippen LogP contribution in [-0.4, -0.2) is 31.5 Å². The normalized spacial score (nSPS) is 21.1. The average molecular weight is 459 g/mol. The third-order valence-corrected chi connectivity index (χ3v) is 6.58. The second-order valence-electron chi connectivity index (χ2n) is 8.76. The van der Waals surface area contributed by atoms with Crippen molar-refractivity contribution in [2.45, 2.75) is 57.0 Å². The molecule has 2 aromatic heterocycles. The topological polar surface area (TPSA) is 111 Å². The number of rotatable bonds is 6. The number of benzene rings is 1. The molecule has 3 aromatic rings. The molecular formula is C22H24F3N7O. The fourth-order valence-corrected chi connectivity index (χ4v) is 4.52. The molecule has 1 amide bonds. The first-order valence-electron chi connectivity index (χ1n) is 11.1. The number of carbonyl (C=O) groups excluding carboxylic acids is 1. The van der Waals surface area contributed by atoms with Crippen molar-refractivity contribution in [3.8, 4) is 0 Å². The Hall–Kier alpha value is -3.37. The summed E-state index contributed by atoms with van der Waals surface area (Å²) in [6, 6.07) is 1.42. The van der Waals surface area contributed by atoms with Gasteiger partial charge in [-0.05, 0) is 44.9 Å². The molecule has 11 heteroatoms. The summed E-state index contributed by atoms with van der Waals surface area (Å²) >= 11 is 0. The van der Waals surface area contributed by atoms with Crippen LogP contribution in [0.4, 0.5) is 30.8 Å². The minimum atomic E-state index is -1.07. The average Bonchev–Trinajstić information content (AvgIpc) is 3.10. The molecule has 0 unspecified atom stereocenters. The zero-order valence-corrected chi connectivity index (χ0v) is 17.8. The van der Waals surface area contributed by atoms with Crippen molar-refractivity contribution in [2.75, 3.05) is 10.6 Å². The van der Waals surface area contributed by atoms with Gasteiger partial charge < -0.3 is 16.4 Å². The number of carbonyl (C=O) groups is 1. The molecule has 0 atom stereocenters. The Balaban J connectivity index is 1.54. The van der Waals surface area contributed by atoms with Crippen LogP contribution in [0.1, 0.15) is 51.0 Å². The molecule has 2 aliphatic carbocycles. The monoisotopic (exact) mass is 459 g/mol. The highest BCUT2D eigenvalue weighted by Gasteiger charge is 2.30. The van der Waals surface area contributed by atoms with E-state index in [1.807, 2.05) is 0 Å². The van der Waals surface area contributed by atoms with E-state index in [-0.39, 0.29) is 23.8 Å². The number of amides is 1. The lowest BCUT2D eigenvalue weighted by atomic mass is 9.85. The summed E-state index contributed by atoms with van der Waals surface area (Å²) in [5.74, 6) is -3.04. The van der Waals surface area contributed by atoms with E-state index in [0.29, 0.717) is 61.0 Å². The number of fused-ring (bicyclic) bond motifs is 1. The highest BCUT2D eigenvalue weighted by Crippen LogP contribution is 2.37. The Morgan fingerprint density at radius 1 is 1.03 bits per heavy atom. The van der Waals surface area contributed by atoms with Gasteiger partial charge in [0, 0.05) is 30.1 Å². The summed E-state index contributed by atoms with van der Waals surface area (Å²) < 4.78 is 43.9. The summed E-state index contributed by atoms with van der Waals surface area (Å²) in [5, 5.41) is 5.99. The molecule has 4 N–H and O–H groups in total. The van der Waals surface area contributed by atoms with Crippen LogP contribution in [0.15, 0.2) is 18.3 Å². The van der Waals surface area contributed by atoms with Gasteiger partial charge in [0.15, 0.2) is 17.3 Å². The third kappa shape index (κ3) is 4.19. The van der Waals surface area contributed by atoms with Gasteiger partial charge in [0.05, 0.1) is 6.20 Å². The molecule has 0 aliphatic heterocycles. The van der Waals surface area contributed by atoms with E-state index < -0.39 is 23.1 Å². The lowest BCUT2D eigenvalue weighted by Gasteiger charge is -2.29. The van der Waals surface area contributed by atoms with Crippen molar-refractivity contribution in [1.29, 1.82) is 0 Å². The van der Waals surface area contributed by atoms with E-state index in [1.165, 1.54) is 0 Å². The SMILES string of the molecule is NC(=O)C1CCC(n2c(Nc3c(F)cc(F)cc3F)nc3cnc(NC4CCC4)nc32)CC1. The highest BCUT2D eigenvalue weighted by atomic mass is 19.1. The molecule has 2 saturated carbocycles. The Morgan fingerprint density at radius 2 is 1.73 bits per heavy atom. The Labute approximate surface area is 187 Å². The van der Waals surface area contributed by atoms with Gasteiger partial charge in [-0.1, -0.05) is 0 Å². The van der Waals surface area contributed by atoms with Crippen LogP contribution in [0.2, 0.25) is 0 Å². The quantitative estimate of drug-likeness (QED) is 0.510. The van der Waals surface area contributed by atoms with Crippen molar-refractivity contribution in [1.82, 2.24) is 19.5 Å². The summed E-state index contributed by atoms with van der Waals surface area (Å²) in [6.07, 6.45) is 7.25. The van der Waals surface area contributed by atoms with Crippen molar-refractivity contribution < 1.29 is 18.0 Å². The molecule has 8 nitrogen and oxygen atoms in total. The van der Waals surface area contributed by atoms with Crippen molar-refractivity contribution in [3.63, 3.8) is 0 Å². The second kappa shape index (κ2) is 8.53. The number of halogens is 3. The van der Waals surface area contributed by atoms with Crippen LogP contribution in [0.3, 0.4) is 0 Å². The number of aromatic nitrogens is 4. The van der Waals surface area contributed by atoms with E-state index in [2.05, 4.69) is 25.6 Å². The fraction of sp³-hybridized carbons (Fsp3) is 0.455. The number of primary amides is 1. The van der Waals surface area contributed by atoms with E-state index in [0.717, 1.165) is 19.3 Å². The van der Waals surface area contributed by atoms with Gasteiger partial charge in [0.25, 0.3) is 0 Å². The predicted octanol–water partition coefficient (Wildman–Crippen LogP) is 4.17. The van der Waals surface area contributed by atoms with Gasteiger partial charge in [0.2, 0.25) is 17.8 Å². The van der Waals surface area contributed by atoms with Crippen molar-refractivity contribution >= 4 is 34.7 Å². The van der Waals surface area contributed by atoms with Gasteiger partial charge in [-0.3, -0.25) is 9.36 Å². The van der Waals surface area contributed by atoms with Crippen molar-refractivity contribution in [3.05, 3.63) is 35.8 Å². The number of nitrogens with zero attached hydrogens (tertiary/aromatic N) is 4. The van der Waals surface area contributed by atoms with Gasteiger partial charge in [0.1, 0.15) is 17.0 Å². The molecule has 0 saturated heterocycles. The number of anilines is 3. The molecule has 0 bridgehead atoms. The molecule has 0 spiro atoms. The minimum absolute atomic E-state index is 0.119. The minimum Gasteiger partial charge on any atom is -0.369 e. The molecule has 0 radical (unpaired) electrons. The zero-order valence-electron chi connectivity index (χ0n) is 17.8. The van der Waals surface area contributed by atoms with Crippen LogP contribution < -0.4 is 16.4 Å². The molecule has 2 heterocycles. The number of hydrogen-bond acceptors (Lipinski definition) is 6.